The minimum absolute atomic E-state index is 0.108. The van der Waals surface area contributed by atoms with Gasteiger partial charge < -0.3 is 5.73 Å². The van der Waals surface area contributed by atoms with Crippen molar-refractivity contribution in [2.24, 2.45) is 5.73 Å². The molecule has 2 aromatic carbocycles. The lowest BCUT2D eigenvalue weighted by atomic mass is 9.77. The Morgan fingerprint density at radius 2 is 1.42 bits per heavy atom. The first-order valence-electron chi connectivity index (χ1n) is 7.23. The Hall–Kier alpha value is -1.60. The Morgan fingerprint density at radius 3 is 2.16 bits per heavy atom. The molecule has 0 unspecified atom stereocenters. The van der Waals surface area contributed by atoms with Gasteiger partial charge in [-0.3, -0.25) is 0 Å². The van der Waals surface area contributed by atoms with Crippen molar-refractivity contribution in [3.8, 4) is 11.1 Å². The molecule has 2 N–H and O–H groups in total. The van der Waals surface area contributed by atoms with Crippen molar-refractivity contribution in [3.63, 3.8) is 0 Å². The molecule has 98 valence electrons. The molecule has 1 heteroatoms. The summed E-state index contributed by atoms with van der Waals surface area (Å²) < 4.78 is 0. The van der Waals surface area contributed by atoms with Crippen molar-refractivity contribution in [2.45, 2.75) is 37.6 Å². The number of hydrogen-bond acceptors (Lipinski definition) is 1. The highest BCUT2D eigenvalue weighted by molar-refractivity contribution is 5.64. The lowest BCUT2D eigenvalue weighted by Crippen LogP contribution is -2.38. The summed E-state index contributed by atoms with van der Waals surface area (Å²) in [4.78, 5) is 0. The molecule has 0 heterocycles. The van der Waals surface area contributed by atoms with E-state index in [1.54, 1.807) is 0 Å². The fourth-order valence-corrected chi connectivity index (χ4v) is 3.11. The lowest BCUT2D eigenvalue weighted by molar-refractivity contribution is 0.302. The van der Waals surface area contributed by atoms with Crippen LogP contribution in [0.2, 0.25) is 0 Å². The molecule has 2 aromatic rings. The molecule has 1 fully saturated rings. The molecule has 1 nitrogen and oxygen atoms in total. The van der Waals surface area contributed by atoms with Gasteiger partial charge in [-0.2, -0.15) is 0 Å². The highest BCUT2D eigenvalue weighted by Crippen LogP contribution is 2.36. The normalized spacial score (nSPS) is 18.2. The molecule has 0 bridgehead atoms. The van der Waals surface area contributed by atoms with E-state index < -0.39 is 0 Å². The van der Waals surface area contributed by atoms with Gasteiger partial charge in [0.1, 0.15) is 0 Å². The van der Waals surface area contributed by atoms with Gasteiger partial charge in [-0.25, -0.2) is 0 Å². The Morgan fingerprint density at radius 1 is 0.737 bits per heavy atom. The summed E-state index contributed by atoms with van der Waals surface area (Å²) >= 11 is 0. The molecule has 0 atom stereocenters. The summed E-state index contributed by atoms with van der Waals surface area (Å²) in [6.07, 6.45) is 6.08. The fraction of sp³-hybridized carbons (Fsp3) is 0.333. The van der Waals surface area contributed by atoms with E-state index in [2.05, 4.69) is 54.6 Å². The summed E-state index contributed by atoms with van der Waals surface area (Å²) in [7, 11) is 0. The van der Waals surface area contributed by atoms with E-state index in [1.807, 2.05) is 0 Å². The monoisotopic (exact) mass is 251 g/mol. The zero-order valence-electron chi connectivity index (χ0n) is 11.3. The topological polar surface area (TPSA) is 26.0 Å². The minimum Gasteiger partial charge on any atom is -0.321 e. The summed E-state index contributed by atoms with van der Waals surface area (Å²) in [6, 6.07) is 19.3. The zero-order chi connectivity index (χ0) is 13.1. The Balaban J connectivity index is 1.96. The number of hydrogen-bond donors (Lipinski definition) is 1. The molecule has 0 radical (unpaired) electrons. The highest BCUT2D eigenvalue weighted by Gasteiger charge is 2.29. The standard InChI is InChI=1S/C18H21N/c19-18(12-5-2-6-13-18)17-11-7-10-16(14-17)15-8-3-1-4-9-15/h1,3-4,7-11,14H,2,5-6,12-13,19H2. The zero-order valence-corrected chi connectivity index (χ0v) is 11.3. The first kappa shape index (κ1) is 12.4. The predicted molar refractivity (Wildman–Crippen MR) is 80.8 cm³/mol. The molecule has 0 saturated heterocycles. The van der Waals surface area contributed by atoms with Crippen LogP contribution in [0.1, 0.15) is 37.7 Å². The van der Waals surface area contributed by atoms with Crippen molar-refractivity contribution in [3.05, 3.63) is 60.2 Å². The first-order chi connectivity index (χ1) is 9.28. The maximum Gasteiger partial charge on any atom is 0.0409 e. The second-order valence-corrected chi connectivity index (χ2v) is 5.66. The van der Waals surface area contributed by atoms with E-state index in [-0.39, 0.29) is 5.54 Å². The predicted octanol–water partition coefficient (Wildman–Crippen LogP) is 4.47. The number of rotatable bonds is 2. The maximum atomic E-state index is 6.63. The van der Waals surface area contributed by atoms with Crippen molar-refractivity contribution in [1.82, 2.24) is 0 Å². The second kappa shape index (κ2) is 5.18. The average Bonchev–Trinajstić information content (AvgIpc) is 2.49. The summed E-state index contributed by atoms with van der Waals surface area (Å²) in [5, 5.41) is 0. The molecule has 0 aliphatic heterocycles. The van der Waals surface area contributed by atoms with Crippen LogP contribution in [-0.2, 0) is 5.54 Å². The van der Waals surface area contributed by atoms with Gasteiger partial charge in [0.15, 0.2) is 0 Å². The Bertz CT molecular complexity index is 539. The van der Waals surface area contributed by atoms with Crippen molar-refractivity contribution in [2.75, 3.05) is 0 Å². The van der Waals surface area contributed by atoms with Gasteiger partial charge in [-0.05, 0) is 35.6 Å². The largest absolute Gasteiger partial charge is 0.321 e. The third-order valence-electron chi connectivity index (χ3n) is 4.29. The quantitative estimate of drug-likeness (QED) is 0.837. The summed E-state index contributed by atoms with van der Waals surface area (Å²) in [5.74, 6) is 0. The van der Waals surface area contributed by atoms with Crippen molar-refractivity contribution < 1.29 is 0 Å². The van der Waals surface area contributed by atoms with Gasteiger partial charge in [0, 0.05) is 5.54 Å². The average molecular weight is 251 g/mol. The Kier molecular flexibility index (Phi) is 3.39. The van der Waals surface area contributed by atoms with E-state index in [0.717, 1.165) is 12.8 Å². The molecule has 1 aliphatic carbocycles. The molecule has 1 saturated carbocycles. The van der Waals surface area contributed by atoms with E-state index in [9.17, 15) is 0 Å². The molecule has 0 spiro atoms. The van der Waals surface area contributed by atoms with Gasteiger partial charge in [0.25, 0.3) is 0 Å². The third-order valence-corrected chi connectivity index (χ3v) is 4.29. The van der Waals surface area contributed by atoms with Crippen LogP contribution in [0, 0.1) is 0 Å². The van der Waals surface area contributed by atoms with Gasteiger partial charge in [0.2, 0.25) is 0 Å². The molecule has 0 amide bonds. The summed E-state index contributed by atoms with van der Waals surface area (Å²) in [5.41, 5.74) is 10.4. The first-order valence-corrected chi connectivity index (χ1v) is 7.23. The van der Waals surface area contributed by atoms with Crippen LogP contribution in [0.3, 0.4) is 0 Å². The third kappa shape index (κ3) is 2.57. The highest BCUT2D eigenvalue weighted by atomic mass is 14.7. The van der Waals surface area contributed by atoms with Crippen LogP contribution in [0.4, 0.5) is 0 Å². The van der Waals surface area contributed by atoms with Crippen LogP contribution in [0.25, 0.3) is 11.1 Å². The molecular weight excluding hydrogens is 230 g/mol. The summed E-state index contributed by atoms with van der Waals surface area (Å²) in [6.45, 7) is 0. The second-order valence-electron chi connectivity index (χ2n) is 5.66. The van der Waals surface area contributed by atoms with Crippen LogP contribution < -0.4 is 5.73 Å². The van der Waals surface area contributed by atoms with Gasteiger partial charge in [-0.15, -0.1) is 0 Å². The molecule has 1 aliphatic rings. The van der Waals surface area contributed by atoms with E-state index in [0.29, 0.717) is 0 Å². The Labute approximate surface area is 115 Å². The smallest absolute Gasteiger partial charge is 0.0409 e. The van der Waals surface area contributed by atoms with Gasteiger partial charge >= 0.3 is 0 Å². The number of benzene rings is 2. The van der Waals surface area contributed by atoms with E-state index in [1.165, 1.54) is 36.0 Å². The minimum atomic E-state index is -0.108. The number of nitrogens with two attached hydrogens (primary N) is 1. The van der Waals surface area contributed by atoms with Crippen molar-refractivity contribution >= 4 is 0 Å². The van der Waals surface area contributed by atoms with Gasteiger partial charge in [-0.1, -0.05) is 67.8 Å². The molecular formula is C18H21N. The lowest BCUT2D eigenvalue weighted by Gasteiger charge is -2.34. The van der Waals surface area contributed by atoms with Crippen LogP contribution in [0.15, 0.2) is 54.6 Å². The van der Waals surface area contributed by atoms with Crippen molar-refractivity contribution in [1.29, 1.82) is 0 Å². The fourth-order valence-electron chi connectivity index (χ4n) is 3.11. The maximum absolute atomic E-state index is 6.63. The molecule has 0 aromatic heterocycles. The SMILES string of the molecule is NC1(c2cccc(-c3ccccc3)c2)CCCCC1. The van der Waals surface area contributed by atoms with E-state index >= 15 is 0 Å². The van der Waals surface area contributed by atoms with E-state index in [4.69, 9.17) is 5.73 Å². The van der Waals surface area contributed by atoms with Crippen LogP contribution in [-0.4, -0.2) is 0 Å². The van der Waals surface area contributed by atoms with Gasteiger partial charge in [0.05, 0.1) is 0 Å². The molecule has 19 heavy (non-hydrogen) atoms. The van der Waals surface area contributed by atoms with Crippen LogP contribution >= 0.6 is 0 Å². The molecule has 3 rings (SSSR count). The van der Waals surface area contributed by atoms with Crippen LogP contribution in [0.5, 0.6) is 0 Å².